The topological polar surface area (TPSA) is 149 Å². The van der Waals surface area contributed by atoms with Crippen LogP contribution in [0.4, 0.5) is 21.0 Å². The van der Waals surface area contributed by atoms with Gasteiger partial charge in [-0.3, -0.25) is 14.9 Å². The minimum Gasteiger partial charge on any atom is -0.465 e. The Labute approximate surface area is 214 Å². The van der Waals surface area contributed by atoms with Crippen LogP contribution in [-0.2, 0) is 9.53 Å². The standard InChI is InChI=1S/C27H28N4O6/c1-27(2,3)37-25(34)30-21-8-7-19(18-9-11-31(12-10-18)26(35)36)14-22(21)29-24(33)15-23(32)20-6-4-5-17(13-20)16-28/h4-9,13-14H,10-12,15H2,1-3H3,(H,29,33)(H,30,34)(H,35,36). The summed E-state index contributed by atoms with van der Waals surface area (Å²) in [6.07, 6.45) is 0.0953. The van der Waals surface area contributed by atoms with Gasteiger partial charge in [0.15, 0.2) is 5.78 Å². The Bertz CT molecular complexity index is 1300. The first-order valence-electron chi connectivity index (χ1n) is 11.6. The zero-order chi connectivity index (χ0) is 27.2. The number of hydrogen-bond acceptors (Lipinski definition) is 6. The molecular weight excluding hydrogens is 476 g/mol. The van der Waals surface area contributed by atoms with Gasteiger partial charge in [0.05, 0.1) is 29.4 Å². The van der Waals surface area contributed by atoms with E-state index in [2.05, 4.69) is 10.6 Å². The van der Waals surface area contributed by atoms with Crippen molar-refractivity contribution in [1.82, 2.24) is 4.90 Å². The van der Waals surface area contributed by atoms with Gasteiger partial charge in [0.1, 0.15) is 5.60 Å². The molecule has 0 aliphatic carbocycles. The number of ether oxygens (including phenoxy) is 1. The number of nitriles is 1. The Hall–Kier alpha value is -4.65. The SMILES string of the molecule is CC(C)(C)OC(=O)Nc1ccc(C2=CCN(C(=O)O)CC2)cc1NC(=O)CC(=O)c1cccc(C#N)c1. The monoisotopic (exact) mass is 504 g/mol. The Balaban J connectivity index is 1.83. The van der Waals surface area contributed by atoms with Crippen molar-refractivity contribution in [3.63, 3.8) is 0 Å². The number of anilines is 2. The third-order valence-electron chi connectivity index (χ3n) is 5.41. The van der Waals surface area contributed by atoms with Crippen molar-refractivity contribution in [2.24, 2.45) is 0 Å². The lowest BCUT2D eigenvalue weighted by Gasteiger charge is -2.24. The molecule has 2 aromatic carbocycles. The number of carboxylic acid groups (broad SMARTS) is 1. The summed E-state index contributed by atoms with van der Waals surface area (Å²) in [5.41, 5.74) is 1.97. The fraction of sp³-hybridized carbons (Fsp3) is 0.296. The Kier molecular flexibility index (Phi) is 8.30. The smallest absolute Gasteiger partial charge is 0.412 e. The quantitative estimate of drug-likeness (QED) is 0.375. The van der Waals surface area contributed by atoms with E-state index in [-0.39, 0.29) is 23.5 Å². The summed E-state index contributed by atoms with van der Waals surface area (Å²) >= 11 is 0. The third kappa shape index (κ3) is 7.67. The number of Topliss-reactive ketones (excluding diaryl/α,β-unsaturated/α-hetero) is 1. The van der Waals surface area contributed by atoms with E-state index in [9.17, 15) is 24.3 Å². The molecule has 1 aliphatic heterocycles. The first-order chi connectivity index (χ1) is 17.4. The predicted molar refractivity (Wildman–Crippen MR) is 137 cm³/mol. The highest BCUT2D eigenvalue weighted by molar-refractivity contribution is 6.12. The molecule has 0 fully saturated rings. The molecule has 3 N–H and O–H groups in total. The Morgan fingerprint density at radius 2 is 1.84 bits per heavy atom. The van der Waals surface area contributed by atoms with E-state index in [0.717, 1.165) is 11.1 Å². The van der Waals surface area contributed by atoms with Crippen molar-refractivity contribution >= 4 is 40.8 Å². The number of nitrogens with one attached hydrogen (secondary N) is 2. The van der Waals surface area contributed by atoms with Gasteiger partial charge < -0.3 is 20.1 Å². The molecule has 0 atom stereocenters. The van der Waals surface area contributed by atoms with E-state index in [1.807, 2.05) is 6.07 Å². The molecule has 37 heavy (non-hydrogen) atoms. The molecule has 1 aliphatic rings. The van der Waals surface area contributed by atoms with Gasteiger partial charge in [-0.15, -0.1) is 0 Å². The molecule has 0 unspecified atom stereocenters. The van der Waals surface area contributed by atoms with Crippen LogP contribution in [0.3, 0.4) is 0 Å². The van der Waals surface area contributed by atoms with Crippen molar-refractivity contribution in [2.75, 3.05) is 23.7 Å². The Morgan fingerprint density at radius 3 is 2.46 bits per heavy atom. The lowest BCUT2D eigenvalue weighted by Crippen LogP contribution is -2.33. The van der Waals surface area contributed by atoms with E-state index in [1.54, 1.807) is 57.2 Å². The molecule has 3 amide bonds. The van der Waals surface area contributed by atoms with Crippen molar-refractivity contribution in [3.8, 4) is 6.07 Å². The van der Waals surface area contributed by atoms with Crippen LogP contribution in [0.15, 0.2) is 48.5 Å². The summed E-state index contributed by atoms with van der Waals surface area (Å²) in [7, 11) is 0. The van der Waals surface area contributed by atoms with E-state index in [4.69, 9.17) is 10.00 Å². The van der Waals surface area contributed by atoms with Crippen LogP contribution in [-0.4, -0.2) is 52.6 Å². The zero-order valence-corrected chi connectivity index (χ0v) is 20.8. The first-order valence-corrected chi connectivity index (χ1v) is 11.6. The molecule has 1 heterocycles. The third-order valence-corrected chi connectivity index (χ3v) is 5.41. The second-order valence-corrected chi connectivity index (χ2v) is 9.44. The van der Waals surface area contributed by atoms with Crippen LogP contribution >= 0.6 is 0 Å². The minimum atomic E-state index is -0.995. The van der Waals surface area contributed by atoms with Gasteiger partial charge in [-0.05, 0) is 62.6 Å². The van der Waals surface area contributed by atoms with Crippen molar-refractivity contribution in [2.45, 2.75) is 39.2 Å². The van der Waals surface area contributed by atoms with E-state index < -0.39 is 35.9 Å². The summed E-state index contributed by atoms with van der Waals surface area (Å²) in [6, 6.07) is 13.1. The van der Waals surface area contributed by atoms with Crippen LogP contribution in [0, 0.1) is 11.3 Å². The van der Waals surface area contributed by atoms with Crippen LogP contribution in [0.2, 0.25) is 0 Å². The van der Waals surface area contributed by atoms with Gasteiger partial charge >= 0.3 is 12.2 Å². The second-order valence-electron chi connectivity index (χ2n) is 9.44. The summed E-state index contributed by atoms with van der Waals surface area (Å²) in [4.78, 5) is 50.3. The number of rotatable bonds is 6. The summed E-state index contributed by atoms with van der Waals surface area (Å²) in [6.45, 7) is 5.74. The van der Waals surface area contributed by atoms with Crippen LogP contribution in [0.25, 0.3) is 5.57 Å². The van der Waals surface area contributed by atoms with Crippen molar-refractivity contribution in [1.29, 1.82) is 5.26 Å². The normalized spacial score (nSPS) is 13.1. The highest BCUT2D eigenvalue weighted by Gasteiger charge is 2.21. The average Bonchev–Trinajstić information content (AvgIpc) is 2.84. The fourth-order valence-corrected chi connectivity index (χ4v) is 3.68. The molecule has 10 nitrogen and oxygen atoms in total. The van der Waals surface area contributed by atoms with Gasteiger partial charge in [-0.2, -0.15) is 5.26 Å². The number of amides is 3. The Morgan fingerprint density at radius 1 is 1.08 bits per heavy atom. The summed E-state index contributed by atoms with van der Waals surface area (Å²) in [5.74, 6) is -1.07. The van der Waals surface area contributed by atoms with Gasteiger partial charge in [0.25, 0.3) is 0 Å². The lowest BCUT2D eigenvalue weighted by molar-refractivity contribution is -0.115. The first kappa shape index (κ1) is 26.9. The number of nitrogens with zero attached hydrogens (tertiary/aromatic N) is 2. The highest BCUT2D eigenvalue weighted by Crippen LogP contribution is 2.30. The van der Waals surface area contributed by atoms with Crippen molar-refractivity contribution in [3.05, 3.63) is 65.2 Å². The predicted octanol–water partition coefficient (Wildman–Crippen LogP) is 4.88. The lowest BCUT2D eigenvalue weighted by atomic mass is 9.98. The molecule has 0 bridgehead atoms. The van der Waals surface area contributed by atoms with Gasteiger partial charge in [0, 0.05) is 18.7 Å². The molecule has 0 saturated heterocycles. The number of benzene rings is 2. The zero-order valence-electron chi connectivity index (χ0n) is 20.8. The molecular formula is C27H28N4O6. The average molecular weight is 505 g/mol. The van der Waals surface area contributed by atoms with Crippen LogP contribution < -0.4 is 10.6 Å². The maximum atomic E-state index is 12.8. The number of ketones is 1. The molecule has 2 aromatic rings. The molecule has 3 rings (SSSR count). The maximum absolute atomic E-state index is 12.8. The molecule has 0 aromatic heterocycles. The second kappa shape index (κ2) is 11.4. The van der Waals surface area contributed by atoms with E-state index in [0.29, 0.717) is 18.5 Å². The minimum absolute atomic E-state index is 0.237. The number of carbonyl (C=O) groups excluding carboxylic acids is 3. The van der Waals surface area contributed by atoms with Crippen LogP contribution in [0.5, 0.6) is 0 Å². The number of hydrogen-bond donors (Lipinski definition) is 3. The van der Waals surface area contributed by atoms with Crippen molar-refractivity contribution < 1.29 is 29.0 Å². The number of carbonyl (C=O) groups is 4. The maximum Gasteiger partial charge on any atom is 0.412 e. The molecule has 0 spiro atoms. The molecule has 0 saturated carbocycles. The largest absolute Gasteiger partial charge is 0.465 e. The van der Waals surface area contributed by atoms with E-state index in [1.165, 1.54) is 17.0 Å². The van der Waals surface area contributed by atoms with Gasteiger partial charge in [-0.1, -0.05) is 24.3 Å². The van der Waals surface area contributed by atoms with E-state index >= 15 is 0 Å². The molecule has 192 valence electrons. The summed E-state index contributed by atoms with van der Waals surface area (Å²) < 4.78 is 5.31. The van der Waals surface area contributed by atoms with Gasteiger partial charge in [-0.25, -0.2) is 9.59 Å². The molecule has 0 radical (unpaired) electrons. The molecule has 10 heteroatoms. The highest BCUT2D eigenvalue weighted by atomic mass is 16.6. The summed E-state index contributed by atoms with van der Waals surface area (Å²) in [5, 5.41) is 23.5. The van der Waals surface area contributed by atoms with Crippen LogP contribution in [0.1, 0.15) is 55.1 Å². The fourth-order valence-electron chi connectivity index (χ4n) is 3.68. The van der Waals surface area contributed by atoms with Gasteiger partial charge in [0.2, 0.25) is 5.91 Å².